The van der Waals surface area contributed by atoms with Crippen LogP contribution < -0.4 is 9.50 Å². The first-order valence-corrected chi connectivity index (χ1v) is 12.3. The Labute approximate surface area is 178 Å². The highest BCUT2D eigenvalue weighted by atomic mass is 32.2. The lowest BCUT2D eigenvalue weighted by Crippen LogP contribution is -2.32. The second-order valence-electron chi connectivity index (χ2n) is 7.96. The summed E-state index contributed by atoms with van der Waals surface area (Å²) in [5, 5.41) is 4.64. The van der Waals surface area contributed by atoms with Gasteiger partial charge in [-0.3, -0.25) is 0 Å². The van der Waals surface area contributed by atoms with Gasteiger partial charge in [0.15, 0.2) is 0 Å². The summed E-state index contributed by atoms with van der Waals surface area (Å²) < 4.78 is 27.8. The lowest BCUT2D eigenvalue weighted by molar-refractivity contribution is 0.477. The van der Waals surface area contributed by atoms with Crippen molar-refractivity contribution in [1.82, 2.24) is 10.3 Å². The summed E-state index contributed by atoms with van der Waals surface area (Å²) >= 11 is 0. The van der Waals surface area contributed by atoms with Crippen LogP contribution in [0.4, 0.5) is 0 Å². The third-order valence-electron chi connectivity index (χ3n) is 5.60. The summed E-state index contributed by atoms with van der Waals surface area (Å²) in [6.07, 6.45) is 10.8. The molecule has 1 aromatic heterocycles. The fourth-order valence-electron chi connectivity index (χ4n) is 4.16. The number of unbranched alkanes of at least 4 members (excludes halogenated alkanes) is 1. The lowest BCUT2D eigenvalue weighted by atomic mass is 9.92. The number of aromatic nitrogens is 1. The smallest absolute Gasteiger partial charge is 0.306 e. The predicted molar refractivity (Wildman–Crippen MR) is 122 cm³/mol. The number of nitrogens with one attached hydrogen (secondary N) is 2. The van der Waals surface area contributed by atoms with E-state index in [2.05, 4.69) is 46.7 Å². The first kappa shape index (κ1) is 20.7. The Morgan fingerprint density at radius 2 is 1.93 bits per heavy atom. The zero-order valence-corrected chi connectivity index (χ0v) is 18.0. The second kappa shape index (κ2) is 9.06. The SMILES string of the molecule is CS(=O)(=O)Oc1ccc2[nH]cc(CCCCC3CC(c4ccccc4)=CCN3)c2c1. The molecule has 2 heterocycles. The molecule has 5 nitrogen and oxygen atoms in total. The molecule has 158 valence electrons. The Morgan fingerprint density at radius 3 is 2.73 bits per heavy atom. The van der Waals surface area contributed by atoms with E-state index in [4.69, 9.17) is 4.18 Å². The molecular formula is C24H28N2O3S. The molecule has 1 aliphatic rings. The molecule has 2 aromatic carbocycles. The Kier molecular flexibility index (Phi) is 6.25. The Bertz CT molecular complexity index is 1130. The highest BCUT2D eigenvalue weighted by Crippen LogP contribution is 2.27. The largest absolute Gasteiger partial charge is 0.383 e. The van der Waals surface area contributed by atoms with Gasteiger partial charge in [-0.2, -0.15) is 8.42 Å². The predicted octanol–water partition coefficient (Wildman–Crippen LogP) is 4.66. The van der Waals surface area contributed by atoms with Crippen molar-refractivity contribution >= 4 is 26.6 Å². The molecule has 0 spiro atoms. The minimum atomic E-state index is -3.52. The molecule has 0 radical (unpaired) electrons. The van der Waals surface area contributed by atoms with E-state index in [1.54, 1.807) is 6.07 Å². The van der Waals surface area contributed by atoms with Crippen LogP contribution in [0.3, 0.4) is 0 Å². The molecule has 30 heavy (non-hydrogen) atoms. The minimum absolute atomic E-state index is 0.359. The van der Waals surface area contributed by atoms with Crippen molar-refractivity contribution in [3.8, 4) is 5.75 Å². The van der Waals surface area contributed by atoms with Gasteiger partial charge in [0.1, 0.15) is 5.75 Å². The van der Waals surface area contributed by atoms with E-state index in [1.807, 2.05) is 18.3 Å². The zero-order valence-electron chi connectivity index (χ0n) is 17.2. The molecule has 0 fully saturated rings. The van der Waals surface area contributed by atoms with Gasteiger partial charge < -0.3 is 14.5 Å². The summed E-state index contributed by atoms with van der Waals surface area (Å²) in [7, 11) is -3.52. The quantitative estimate of drug-likeness (QED) is 0.407. The number of H-pyrrole nitrogens is 1. The van der Waals surface area contributed by atoms with Gasteiger partial charge in [0.25, 0.3) is 0 Å². The van der Waals surface area contributed by atoms with Gasteiger partial charge in [-0.25, -0.2) is 0 Å². The summed E-state index contributed by atoms with van der Waals surface area (Å²) in [6, 6.07) is 16.5. The van der Waals surface area contributed by atoms with Gasteiger partial charge in [-0.1, -0.05) is 42.8 Å². The number of benzene rings is 2. The molecule has 6 heteroatoms. The van der Waals surface area contributed by atoms with Crippen molar-refractivity contribution in [1.29, 1.82) is 0 Å². The molecule has 2 N–H and O–H groups in total. The maximum Gasteiger partial charge on any atom is 0.306 e. The van der Waals surface area contributed by atoms with Crippen LogP contribution in [0.5, 0.6) is 5.75 Å². The highest BCUT2D eigenvalue weighted by molar-refractivity contribution is 7.86. The van der Waals surface area contributed by atoms with Crippen molar-refractivity contribution in [3.05, 3.63) is 71.9 Å². The Morgan fingerprint density at radius 1 is 1.10 bits per heavy atom. The number of rotatable bonds is 8. The summed E-state index contributed by atoms with van der Waals surface area (Å²) in [5.74, 6) is 0.359. The van der Waals surface area contributed by atoms with Gasteiger partial charge in [0.2, 0.25) is 0 Å². The summed E-state index contributed by atoms with van der Waals surface area (Å²) in [4.78, 5) is 3.27. The molecular weight excluding hydrogens is 396 g/mol. The van der Waals surface area contributed by atoms with Gasteiger partial charge in [-0.15, -0.1) is 0 Å². The van der Waals surface area contributed by atoms with Crippen LogP contribution in [0, 0.1) is 0 Å². The van der Waals surface area contributed by atoms with Crippen LogP contribution >= 0.6 is 0 Å². The number of hydrogen-bond acceptors (Lipinski definition) is 4. The average Bonchev–Trinajstić information content (AvgIpc) is 3.13. The monoisotopic (exact) mass is 424 g/mol. The van der Waals surface area contributed by atoms with Crippen LogP contribution in [-0.2, 0) is 16.5 Å². The van der Waals surface area contributed by atoms with E-state index >= 15 is 0 Å². The number of hydrogen-bond donors (Lipinski definition) is 2. The lowest BCUT2D eigenvalue weighted by Gasteiger charge is -2.24. The minimum Gasteiger partial charge on any atom is -0.383 e. The van der Waals surface area contributed by atoms with E-state index in [1.165, 1.54) is 16.7 Å². The molecule has 1 unspecified atom stereocenters. The molecule has 1 atom stereocenters. The second-order valence-corrected chi connectivity index (χ2v) is 9.53. The van der Waals surface area contributed by atoms with Gasteiger partial charge in [0, 0.05) is 29.7 Å². The van der Waals surface area contributed by atoms with E-state index in [0.717, 1.165) is 55.8 Å². The molecule has 0 bridgehead atoms. The zero-order chi connectivity index (χ0) is 21.0. The fourth-order valence-corrected chi connectivity index (χ4v) is 4.61. The van der Waals surface area contributed by atoms with E-state index in [9.17, 15) is 8.42 Å². The Hall–Kier alpha value is -2.57. The van der Waals surface area contributed by atoms with E-state index < -0.39 is 10.1 Å². The van der Waals surface area contributed by atoms with Crippen molar-refractivity contribution in [2.45, 2.75) is 38.1 Å². The number of aryl methyl sites for hydroxylation is 1. The molecule has 1 aliphatic heterocycles. The molecule has 0 saturated heterocycles. The van der Waals surface area contributed by atoms with Crippen LogP contribution in [-0.4, -0.2) is 32.2 Å². The summed E-state index contributed by atoms with van der Waals surface area (Å²) in [6.45, 7) is 0.931. The molecule has 0 aliphatic carbocycles. The fraction of sp³-hybridized carbons (Fsp3) is 0.333. The van der Waals surface area contributed by atoms with Crippen molar-refractivity contribution < 1.29 is 12.6 Å². The van der Waals surface area contributed by atoms with Gasteiger partial charge in [-0.05, 0) is 60.6 Å². The average molecular weight is 425 g/mol. The van der Waals surface area contributed by atoms with Crippen LogP contribution in [0.2, 0.25) is 0 Å². The number of aromatic amines is 1. The van der Waals surface area contributed by atoms with Crippen LogP contribution in [0.25, 0.3) is 16.5 Å². The molecule has 4 rings (SSSR count). The summed E-state index contributed by atoms with van der Waals surface area (Å²) in [5.41, 5.74) is 4.96. The standard InChI is InChI=1S/C24H28N2O3S/c1-30(27,28)29-22-11-12-24-23(16-22)20(17-26-24)9-5-6-10-21-15-19(13-14-25-21)18-7-3-2-4-8-18/h2-4,7-8,11-13,16-17,21,25-26H,5-6,9-10,14-15H2,1H3. The normalized spacial score (nSPS) is 17.1. The van der Waals surface area contributed by atoms with Crippen LogP contribution in [0.15, 0.2) is 60.8 Å². The van der Waals surface area contributed by atoms with Crippen molar-refractivity contribution in [2.24, 2.45) is 0 Å². The first-order chi connectivity index (χ1) is 14.5. The van der Waals surface area contributed by atoms with Gasteiger partial charge >= 0.3 is 10.1 Å². The Balaban J connectivity index is 1.31. The first-order valence-electron chi connectivity index (χ1n) is 10.5. The maximum absolute atomic E-state index is 11.4. The van der Waals surface area contributed by atoms with E-state index in [0.29, 0.717) is 11.8 Å². The van der Waals surface area contributed by atoms with Gasteiger partial charge in [0.05, 0.1) is 6.26 Å². The van der Waals surface area contributed by atoms with Crippen molar-refractivity contribution in [3.63, 3.8) is 0 Å². The third-order valence-corrected chi connectivity index (χ3v) is 6.10. The van der Waals surface area contributed by atoms with E-state index in [-0.39, 0.29) is 0 Å². The van der Waals surface area contributed by atoms with Crippen LogP contribution in [0.1, 0.15) is 36.8 Å². The molecule has 3 aromatic rings. The molecule has 0 saturated carbocycles. The third kappa shape index (κ3) is 5.32. The van der Waals surface area contributed by atoms with Crippen molar-refractivity contribution in [2.75, 3.05) is 12.8 Å². The number of fused-ring (bicyclic) bond motifs is 1. The molecule has 0 amide bonds. The highest BCUT2D eigenvalue weighted by Gasteiger charge is 2.16. The topological polar surface area (TPSA) is 71.2 Å². The maximum atomic E-state index is 11.4.